The number of phenols is 1. The van der Waals surface area contributed by atoms with E-state index in [4.69, 9.17) is 0 Å². The van der Waals surface area contributed by atoms with Crippen LogP contribution in [0.15, 0.2) is 42.5 Å². The van der Waals surface area contributed by atoms with Crippen LogP contribution in [0.2, 0.25) is 0 Å². The molecule has 1 amide bonds. The first-order chi connectivity index (χ1) is 12.1. The minimum absolute atomic E-state index is 0.0869. The Kier molecular flexibility index (Phi) is 4.31. The molecule has 0 bridgehead atoms. The molecule has 0 spiro atoms. The van der Waals surface area contributed by atoms with E-state index in [0.29, 0.717) is 11.1 Å². The molecule has 10 heteroatoms. The van der Waals surface area contributed by atoms with E-state index in [1.54, 1.807) is 4.72 Å². The van der Waals surface area contributed by atoms with Crippen LogP contribution in [0.5, 0.6) is 5.75 Å². The predicted molar refractivity (Wildman–Crippen MR) is 86.8 cm³/mol. The van der Waals surface area contributed by atoms with Crippen LogP contribution in [0.25, 0.3) is 0 Å². The fraction of sp³-hybridized carbons (Fsp3) is 0.188. The third-order valence-electron chi connectivity index (χ3n) is 3.79. The molecule has 1 fully saturated rings. The Balaban J connectivity index is 1.86. The molecule has 1 aliphatic heterocycles. The van der Waals surface area contributed by atoms with Crippen LogP contribution >= 0.6 is 0 Å². The van der Waals surface area contributed by atoms with Gasteiger partial charge < -0.3 is 5.11 Å². The van der Waals surface area contributed by atoms with Crippen LogP contribution < -0.4 is 9.03 Å². The first-order valence-corrected chi connectivity index (χ1v) is 8.81. The van der Waals surface area contributed by atoms with Crippen molar-refractivity contribution in [3.8, 4) is 5.75 Å². The summed E-state index contributed by atoms with van der Waals surface area (Å²) in [6.07, 6.45) is -4.34. The summed E-state index contributed by atoms with van der Waals surface area (Å²) >= 11 is 0. The minimum atomic E-state index is -4.45. The van der Waals surface area contributed by atoms with E-state index in [1.165, 1.54) is 30.3 Å². The number of rotatable bonds is 3. The van der Waals surface area contributed by atoms with E-state index in [1.807, 2.05) is 0 Å². The predicted octanol–water partition coefficient (Wildman–Crippen LogP) is 2.18. The maximum absolute atomic E-state index is 12.8. The van der Waals surface area contributed by atoms with E-state index in [9.17, 15) is 31.5 Å². The standard InChI is InChI=1S/C16H13F3N2O4S/c17-16(18,19)12-3-1-2-10(7-12)6-11-4-5-13(14(22)8-11)21-9-15(23)20-26(21,24)25/h1-5,7-8,22H,6,9H2,(H,20,23). The molecule has 2 aromatic carbocycles. The molecule has 0 unspecified atom stereocenters. The van der Waals surface area contributed by atoms with Crippen molar-refractivity contribution in [1.29, 1.82) is 0 Å². The average molecular weight is 386 g/mol. The zero-order chi connectivity index (χ0) is 19.1. The van der Waals surface area contributed by atoms with Crippen LogP contribution in [0.1, 0.15) is 16.7 Å². The quantitative estimate of drug-likeness (QED) is 0.847. The van der Waals surface area contributed by atoms with Gasteiger partial charge in [-0.25, -0.2) is 9.03 Å². The summed E-state index contributed by atoms with van der Waals surface area (Å²) in [6, 6.07) is 8.83. The molecule has 6 nitrogen and oxygen atoms in total. The van der Waals surface area contributed by atoms with Gasteiger partial charge in [0.1, 0.15) is 12.3 Å². The number of amides is 1. The number of carbonyl (C=O) groups is 1. The van der Waals surface area contributed by atoms with Crippen LogP contribution in [0.3, 0.4) is 0 Å². The molecule has 1 saturated heterocycles. The van der Waals surface area contributed by atoms with Gasteiger partial charge in [-0.1, -0.05) is 24.3 Å². The van der Waals surface area contributed by atoms with Crippen molar-refractivity contribution < 1.29 is 31.5 Å². The Labute approximate surface area is 147 Å². The molecule has 0 radical (unpaired) electrons. The second-order valence-electron chi connectivity index (χ2n) is 5.73. The Morgan fingerprint density at radius 3 is 2.38 bits per heavy atom. The molecular formula is C16H13F3N2O4S. The lowest BCUT2D eigenvalue weighted by atomic mass is 10.0. The fourth-order valence-electron chi connectivity index (χ4n) is 2.64. The number of anilines is 1. The van der Waals surface area contributed by atoms with Gasteiger partial charge in [0.2, 0.25) is 0 Å². The second kappa shape index (κ2) is 6.20. The number of hydrogen-bond acceptors (Lipinski definition) is 4. The Morgan fingerprint density at radius 1 is 1.12 bits per heavy atom. The van der Waals surface area contributed by atoms with Gasteiger partial charge in [-0.05, 0) is 35.7 Å². The van der Waals surface area contributed by atoms with Crippen molar-refractivity contribution >= 4 is 21.8 Å². The monoisotopic (exact) mass is 386 g/mol. The van der Waals surface area contributed by atoms with Gasteiger partial charge in [0.15, 0.2) is 0 Å². The van der Waals surface area contributed by atoms with E-state index < -0.39 is 40.2 Å². The summed E-state index contributed by atoms with van der Waals surface area (Å²) in [4.78, 5) is 11.3. The minimum Gasteiger partial charge on any atom is -0.506 e. The highest BCUT2D eigenvalue weighted by Gasteiger charge is 2.35. The van der Waals surface area contributed by atoms with E-state index in [2.05, 4.69) is 0 Å². The highest BCUT2D eigenvalue weighted by Crippen LogP contribution is 2.33. The molecule has 2 aromatic rings. The van der Waals surface area contributed by atoms with E-state index in [0.717, 1.165) is 16.4 Å². The first-order valence-electron chi connectivity index (χ1n) is 7.37. The normalized spacial score (nSPS) is 16.6. The van der Waals surface area contributed by atoms with Crippen LogP contribution in [0, 0.1) is 0 Å². The number of phenolic OH excluding ortho intramolecular Hbond substituents is 1. The van der Waals surface area contributed by atoms with Crippen molar-refractivity contribution in [2.45, 2.75) is 12.6 Å². The summed E-state index contributed by atoms with van der Waals surface area (Å²) in [7, 11) is -4.06. The van der Waals surface area contributed by atoms with Crippen LogP contribution in [-0.4, -0.2) is 26.0 Å². The average Bonchev–Trinajstić information content (AvgIpc) is 2.79. The highest BCUT2D eigenvalue weighted by molar-refractivity contribution is 7.92. The van der Waals surface area contributed by atoms with E-state index in [-0.39, 0.29) is 12.1 Å². The lowest BCUT2D eigenvalue weighted by Gasteiger charge is -2.17. The first kappa shape index (κ1) is 18.1. The highest BCUT2D eigenvalue weighted by atomic mass is 32.2. The number of benzene rings is 2. The number of halogens is 3. The number of nitrogens with one attached hydrogen (secondary N) is 1. The number of nitrogens with zero attached hydrogens (tertiary/aromatic N) is 1. The van der Waals surface area contributed by atoms with Gasteiger partial charge in [0.25, 0.3) is 5.91 Å². The zero-order valence-corrected chi connectivity index (χ0v) is 13.9. The van der Waals surface area contributed by atoms with Crippen molar-refractivity contribution in [2.24, 2.45) is 0 Å². The lowest BCUT2D eigenvalue weighted by Crippen LogP contribution is -2.29. The molecule has 0 aromatic heterocycles. The molecule has 0 atom stereocenters. The number of hydrogen-bond donors (Lipinski definition) is 2. The summed E-state index contributed by atoms with van der Waals surface area (Å²) < 4.78 is 64.4. The lowest BCUT2D eigenvalue weighted by molar-refractivity contribution is -0.137. The Bertz CT molecular complexity index is 974. The summed E-state index contributed by atoms with van der Waals surface area (Å²) in [5.74, 6) is -1.12. The smallest absolute Gasteiger partial charge is 0.416 e. The zero-order valence-electron chi connectivity index (χ0n) is 13.1. The molecule has 26 heavy (non-hydrogen) atoms. The molecule has 3 rings (SSSR count). The molecule has 0 aliphatic carbocycles. The third kappa shape index (κ3) is 3.59. The van der Waals surface area contributed by atoms with Crippen LogP contribution in [0.4, 0.5) is 18.9 Å². The number of aromatic hydroxyl groups is 1. The van der Waals surface area contributed by atoms with Crippen LogP contribution in [-0.2, 0) is 27.6 Å². The van der Waals surface area contributed by atoms with Gasteiger partial charge in [-0.15, -0.1) is 0 Å². The molecule has 1 heterocycles. The van der Waals surface area contributed by atoms with Gasteiger partial charge in [0.05, 0.1) is 11.3 Å². The van der Waals surface area contributed by atoms with Crippen molar-refractivity contribution in [1.82, 2.24) is 4.72 Å². The maximum Gasteiger partial charge on any atom is 0.416 e. The third-order valence-corrected chi connectivity index (χ3v) is 5.18. The SMILES string of the molecule is O=C1CN(c2ccc(Cc3cccc(C(F)(F)F)c3)cc2O)S(=O)(=O)N1. The van der Waals surface area contributed by atoms with Crippen molar-refractivity contribution in [3.63, 3.8) is 0 Å². The molecule has 138 valence electrons. The maximum atomic E-state index is 12.8. The fourth-order valence-corrected chi connectivity index (χ4v) is 3.81. The largest absolute Gasteiger partial charge is 0.506 e. The molecule has 0 saturated carbocycles. The van der Waals surface area contributed by atoms with E-state index >= 15 is 0 Å². The number of alkyl halides is 3. The summed E-state index contributed by atoms with van der Waals surface area (Å²) in [6.45, 7) is -0.455. The second-order valence-corrected chi connectivity index (χ2v) is 7.33. The van der Waals surface area contributed by atoms with Gasteiger partial charge in [0, 0.05) is 0 Å². The number of carbonyl (C=O) groups excluding carboxylic acids is 1. The van der Waals surface area contributed by atoms with Crippen molar-refractivity contribution in [3.05, 3.63) is 59.2 Å². The summed E-state index contributed by atoms with van der Waals surface area (Å²) in [5, 5.41) is 10.1. The summed E-state index contributed by atoms with van der Waals surface area (Å²) in [5.41, 5.74) is 0.0128. The topological polar surface area (TPSA) is 86.7 Å². The molecule has 2 N–H and O–H groups in total. The van der Waals surface area contributed by atoms with Gasteiger partial charge >= 0.3 is 16.4 Å². The van der Waals surface area contributed by atoms with Gasteiger partial charge in [-0.3, -0.25) is 4.79 Å². The molecular weight excluding hydrogens is 373 g/mol. The Hall–Kier alpha value is -2.75. The van der Waals surface area contributed by atoms with Crippen molar-refractivity contribution in [2.75, 3.05) is 10.8 Å². The van der Waals surface area contributed by atoms with Gasteiger partial charge in [-0.2, -0.15) is 21.6 Å². The Morgan fingerprint density at radius 2 is 1.81 bits per heavy atom. The molecule has 1 aliphatic rings.